The van der Waals surface area contributed by atoms with Gasteiger partial charge < -0.3 is 9.88 Å². The fraction of sp³-hybridized carbons (Fsp3) is 0.462. The molecule has 1 aromatic heterocycles. The minimum absolute atomic E-state index is 0.496. The molecule has 2 rings (SSSR count). The first-order valence-corrected chi connectivity index (χ1v) is 6.23. The summed E-state index contributed by atoms with van der Waals surface area (Å²) in [4.78, 5) is 4.07. The molecule has 0 spiro atoms. The Kier molecular flexibility index (Phi) is 4.25. The number of nitrogens with zero attached hydrogens (tertiary/aromatic N) is 2. The zero-order valence-electron chi connectivity index (χ0n) is 10.4. The average molecular weight is 253 g/mol. The van der Waals surface area contributed by atoms with Crippen LogP contribution in [0.25, 0.3) is 11.0 Å². The molecule has 1 N–H and O–H groups in total. The highest BCUT2D eigenvalue weighted by Crippen LogP contribution is 2.17. The Hall–Kier alpha value is -1.49. The van der Waals surface area contributed by atoms with Crippen LogP contribution in [0, 0.1) is 11.6 Å². The van der Waals surface area contributed by atoms with Gasteiger partial charge in [-0.25, -0.2) is 13.8 Å². The summed E-state index contributed by atoms with van der Waals surface area (Å²) >= 11 is 0. The maximum absolute atomic E-state index is 13.2. The lowest BCUT2D eigenvalue weighted by molar-refractivity contribution is 0.510. The molecule has 98 valence electrons. The molecule has 0 aliphatic heterocycles. The van der Waals surface area contributed by atoms with Crippen molar-refractivity contribution in [2.75, 3.05) is 13.1 Å². The van der Waals surface area contributed by atoms with Crippen molar-refractivity contribution < 1.29 is 8.78 Å². The number of aryl methyl sites for hydroxylation is 1. The second-order valence-electron chi connectivity index (χ2n) is 4.30. The van der Waals surface area contributed by atoms with Gasteiger partial charge >= 0.3 is 0 Å². The summed E-state index contributed by atoms with van der Waals surface area (Å²) in [6.45, 7) is 4.79. The predicted molar refractivity (Wildman–Crippen MR) is 67.4 cm³/mol. The lowest BCUT2D eigenvalue weighted by Crippen LogP contribution is -2.17. The van der Waals surface area contributed by atoms with Crippen LogP contribution in [0.2, 0.25) is 0 Å². The molecular formula is C13H17F2N3. The van der Waals surface area contributed by atoms with Crippen molar-refractivity contribution in [3.05, 3.63) is 30.1 Å². The normalized spacial score (nSPS) is 11.3. The molecule has 0 bridgehead atoms. The summed E-state index contributed by atoms with van der Waals surface area (Å²) < 4.78 is 28.0. The number of halogens is 2. The van der Waals surface area contributed by atoms with E-state index in [1.165, 1.54) is 6.07 Å². The van der Waals surface area contributed by atoms with Crippen molar-refractivity contribution in [3.8, 4) is 0 Å². The maximum Gasteiger partial charge on any atom is 0.161 e. The molecule has 0 fully saturated rings. The van der Waals surface area contributed by atoms with Crippen LogP contribution in [-0.4, -0.2) is 22.6 Å². The van der Waals surface area contributed by atoms with E-state index in [4.69, 9.17) is 0 Å². The van der Waals surface area contributed by atoms with Gasteiger partial charge in [0.1, 0.15) is 0 Å². The number of fused-ring (bicyclic) bond motifs is 1. The van der Waals surface area contributed by atoms with E-state index in [0.29, 0.717) is 11.0 Å². The highest BCUT2D eigenvalue weighted by atomic mass is 19.2. The largest absolute Gasteiger partial charge is 0.330 e. The monoisotopic (exact) mass is 253 g/mol. The van der Waals surface area contributed by atoms with Crippen LogP contribution in [0.3, 0.4) is 0 Å². The second-order valence-corrected chi connectivity index (χ2v) is 4.30. The Balaban J connectivity index is 2.03. The quantitative estimate of drug-likeness (QED) is 0.802. The van der Waals surface area contributed by atoms with Crippen molar-refractivity contribution in [2.45, 2.75) is 26.3 Å². The molecule has 2 aromatic rings. The third-order valence-electron chi connectivity index (χ3n) is 2.84. The van der Waals surface area contributed by atoms with Gasteiger partial charge in [-0.3, -0.25) is 0 Å². The van der Waals surface area contributed by atoms with Gasteiger partial charge in [0.15, 0.2) is 11.6 Å². The van der Waals surface area contributed by atoms with E-state index >= 15 is 0 Å². The summed E-state index contributed by atoms with van der Waals surface area (Å²) in [5, 5.41) is 3.30. The van der Waals surface area contributed by atoms with Crippen LogP contribution < -0.4 is 5.32 Å². The summed E-state index contributed by atoms with van der Waals surface area (Å²) in [5.41, 5.74) is 1.14. The van der Waals surface area contributed by atoms with Crippen LogP contribution >= 0.6 is 0 Å². The molecule has 0 aliphatic carbocycles. The van der Waals surface area contributed by atoms with Crippen molar-refractivity contribution >= 4 is 11.0 Å². The molecule has 0 amide bonds. The molecule has 1 aromatic carbocycles. The molecule has 0 saturated carbocycles. The minimum Gasteiger partial charge on any atom is -0.330 e. The number of hydrogen-bond donors (Lipinski definition) is 1. The number of benzene rings is 1. The summed E-state index contributed by atoms with van der Waals surface area (Å²) in [6.07, 6.45) is 3.67. The fourth-order valence-electron chi connectivity index (χ4n) is 1.91. The van der Waals surface area contributed by atoms with Gasteiger partial charge in [-0.05, 0) is 25.9 Å². The molecule has 0 unspecified atom stereocenters. The Bertz CT molecular complexity index is 522. The molecule has 18 heavy (non-hydrogen) atoms. The van der Waals surface area contributed by atoms with Gasteiger partial charge in [-0.15, -0.1) is 0 Å². The van der Waals surface area contributed by atoms with Crippen LogP contribution in [0.15, 0.2) is 18.5 Å². The van der Waals surface area contributed by atoms with E-state index in [1.54, 1.807) is 6.33 Å². The van der Waals surface area contributed by atoms with Gasteiger partial charge in [0, 0.05) is 18.7 Å². The lowest BCUT2D eigenvalue weighted by Gasteiger charge is -2.05. The van der Waals surface area contributed by atoms with Crippen LogP contribution in [0.1, 0.15) is 19.8 Å². The SMILES string of the molecule is CCCNCCCn1cnc2cc(F)c(F)cc21. The minimum atomic E-state index is -0.850. The van der Waals surface area contributed by atoms with Crippen molar-refractivity contribution in [1.29, 1.82) is 0 Å². The highest BCUT2D eigenvalue weighted by Gasteiger charge is 2.08. The molecule has 1 heterocycles. The average Bonchev–Trinajstić information content (AvgIpc) is 2.72. The van der Waals surface area contributed by atoms with Gasteiger partial charge in [0.25, 0.3) is 0 Å². The Morgan fingerprint density at radius 1 is 1.22 bits per heavy atom. The Labute approximate surface area is 105 Å². The van der Waals surface area contributed by atoms with E-state index in [9.17, 15) is 8.78 Å². The molecule has 0 radical (unpaired) electrons. The second kappa shape index (κ2) is 5.91. The fourth-order valence-corrected chi connectivity index (χ4v) is 1.91. The van der Waals surface area contributed by atoms with Gasteiger partial charge in [-0.1, -0.05) is 6.92 Å². The number of rotatable bonds is 6. The van der Waals surface area contributed by atoms with E-state index in [2.05, 4.69) is 17.2 Å². The van der Waals surface area contributed by atoms with E-state index in [0.717, 1.165) is 38.5 Å². The third kappa shape index (κ3) is 2.85. The standard InChI is InChI=1S/C13H17F2N3/c1-2-4-16-5-3-6-18-9-17-12-7-10(14)11(15)8-13(12)18/h7-9,16H,2-6H2,1H3. The molecule has 3 nitrogen and oxygen atoms in total. The van der Waals surface area contributed by atoms with Gasteiger partial charge in [0.2, 0.25) is 0 Å². The number of imidazole rings is 1. The molecular weight excluding hydrogens is 236 g/mol. The van der Waals surface area contributed by atoms with E-state index in [1.807, 2.05) is 4.57 Å². The first-order chi connectivity index (χ1) is 8.72. The van der Waals surface area contributed by atoms with Crippen LogP contribution in [0.4, 0.5) is 8.78 Å². The Morgan fingerprint density at radius 3 is 2.78 bits per heavy atom. The smallest absolute Gasteiger partial charge is 0.161 e. The van der Waals surface area contributed by atoms with Crippen molar-refractivity contribution in [3.63, 3.8) is 0 Å². The van der Waals surface area contributed by atoms with Crippen LogP contribution in [-0.2, 0) is 6.54 Å². The van der Waals surface area contributed by atoms with Crippen molar-refractivity contribution in [1.82, 2.24) is 14.9 Å². The summed E-state index contributed by atoms with van der Waals surface area (Å²) in [6, 6.07) is 2.34. The molecule has 0 atom stereocenters. The number of aromatic nitrogens is 2. The molecule has 0 aliphatic rings. The lowest BCUT2D eigenvalue weighted by atomic mass is 10.3. The van der Waals surface area contributed by atoms with Gasteiger partial charge in [0.05, 0.1) is 17.4 Å². The summed E-state index contributed by atoms with van der Waals surface area (Å²) in [5.74, 6) is -1.68. The zero-order chi connectivity index (χ0) is 13.0. The van der Waals surface area contributed by atoms with Gasteiger partial charge in [-0.2, -0.15) is 0 Å². The summed E-state index contributed by atoms with van der Waals surface area (Å²) in [7, 11) is 0. The molecule has 0 saturated heterocycles. The maximum atomic E-state index is 13.2. The number of hydrogen-bond acceptors (Lipinski definition) is 2. The third-order valence-corrected chi connectivity index (χ3v) is 2.84. The molecule has 5 heteroatoms. The van der Waals surface area contributed by atoms with E-state index < -0.39 is 11.6 Å². The van der Waals surface area contributed by atoms with E-state index in [-0.39, 0.29) is 0 Å². The van der Waals surface area contributed by atoms with Crippen LogP contribution in [0.5, 0.6) is 0 Å². The Morgan fingerprint density at radius 2 is 2.00 bits per heavy atom. The first kappa shape index (κ1) is 13.0. The topological polar surface area (TPSA) is 29.9 Å². The first-order valence-electron chi connectivity index (χ1n) is 6.23. The predicted octanol–water partition coefficient (Wildman–Crippen LogP) is 2.70. The highest BCUT2D eigenvalue weighted by molar-refractivity contribution is 5.75. The number of nitrogens with one attached hydrogen (secondary N) is 1. The zero-order valence-corrected chi connectivity index (χ0v) is 10.4. The van der Waals surface area contributed by atoms with Crippen molar-refractivity contribution in [2.24, 2.45) is 0 Å².